The number of nitriles is 2. The van der Waals surface area contributed by atoms with Gasteiger partial charge < -0.3 is 25.1 Å². The van der Waals surface area contributed by atoms with E-state index in [1.807, 2.05) is 55.3 Å². The minimum atomic E-state index is -0.448. The molecule has 2 aliphatic rings. The molecule has 5 aromatic rings. The summed E-state index contributed by atoms with van der Waals surface area (Å²) in [6.07, 6.45) is 3.72. The van der Waals surface area contributed by atoms with Crippen molar-refractivity contribution in [2.45, 2.75) is 45.3 Å². The Morgan fingerprint density at radius 2 is 1.93 bits per heavy atom. The Morgan fingerprint density at radius 1 is 1.13 bits per heavy atom. The van der Waals surface area contributed by atoms with Gasteiger partial charge in [-0.3, -0.25) is 14.7 Å². The highest BCUT2D eigenvalue weighted by molar-refractivity contribution is 6.36. The molecular weight excluding hydrogens is 704 g/mol. The zero-order valence-electron chi connectivity index (χ0n) is 29.8. The second-order valence-electron chi connectivity index (χ2n) is 13.6. The van der Waals surface area contributed by atoms with E-state index in [-0.39, 0.29) is 11.7 Å². The number of allylic oxidation sites excluding steroid dienone is 1. The van der Waals surface area contributed by atoms with Gasteiger partial charge in [-0.1, -0.05) is 35.9 Å². The van der Waals surface area contributed by atoms with E-state index in [9.17, 15) is 14.9 Å². The molecule has 1 amide bonds. The number of hydrogen-bond donors (Lipinski definition) is 3. The van der Waals surface area contributed by atoms with Gasteiger partial charge in [-0.2, -0.15) is 10.5 Å². The first-order chi connectivity index (χ1) is 26.3. The zero-order valence-corrected chi connectivity index (χ0v) is 30.6. The third kappa shape index (κ3) is 7.56. The smallest absolute Gasteiger partial charge is 0.274 e. The van der Waals surface area contributed by atoms with E-state index in [1.54, 1.807) is 25.4 Å². The van der Waals surface area contributed by atoms with E-state index in [4.69, 9.17) is 31.0 Å². The number of benzene rings is 3. The molecule has 0 aliphatic carbocycles. The third-order valence-corrected chi connectivity index (χ3v) is 10.3. The Kier molecular flexibility index (Phi) is 10.7. The van der Waals surface area contributed by atoms with Crippen LogP contribution < -0.4 is 20.7 Å². The van der Waals surface area contributed by atoms with Crippen LogP contribution in [0.1, 0.15) is 52.0 Å². The molecule has 0 unspecified atom stereocenters. The molecule has 2 aromatic heterocycles. The number of pyridine rings is 1. The average Bonchev–Trinajstić information content (AvgIpc) is 3.82. The fourth-order valence-corrected chi connectivity index (χ4v) is 7.40. The van der Waals surface area contributed by atoms with Crippen molar-refractivity contribution < 1.29 is 18.7 Å². The molecule has 2 fully saturated rings. The highest BCUT2D eigenvalue weighted by atomic mass is 35.5. The molecule has 2 aliphatic heterocycles. The molecule has 0 radical (unpaired) electrons. The van der Waals surface area contributed by atoms with Gasteiger partial charge in [-0.25, -0.2) is 9.78 Å². The van der Waals surface area contributed by atoms with Crippen LogP contribution in [0, 0.1) is 35.5 Å². The number of rotatable bonds is 12. The van der Waals surface area contributed by atoms with Gasteiger partial charge in [-0.05, 0) is 60.2 Å². The van der Waals surface area contributed by atoms with Crippen LogP contribution in [0.2, 0.25) is 5.02 Å². The number of amides is 1. The van der Waals surface area contributed by atoms with Crippen LogP contribution in [0.5, 0.6) is 5.75 Å². The summed E-state index contributed by atoms with van der Waals surface area (Å²) in [5.41, 5.74) is 7.50. The fourth-order valence-electron chi connectivity index (χ4n) is 7.12. The summed E-state index contributed by atoms with van der Waals surface area (Å²) < 4.78 is 11.8. The number of halogens is 1. The molecule has 0 saturated carbocycles. The normalized spacial score (nSPS) is 15.6. The number of hydrogen-bond acceptors (Lipinski definition) is 11. The molecule has 7 rings (SSSR count). The van der Waals surface area contributed by atoms with Gasteiger partial charge in [0, 0.05) is 80.6 Å². The van der Waals surface area contributed by atoms with Crippen LogP contribution in [0.3, 0.4) is 0 Å². The van der Waals surface area contributed by atoms with Crippen molar-refractivity contribution in [2.24, 2.45) is 5.92 Å². The van der Waals surface area contributed by atoms with Crippen molar-refractivity contribution in [3.05, 3.63) is 99.5 Å². The summed E-state index contributed by atoms with van der Waals surface area (Å²) in [4.78, 5) is 35.8. The summed E-state index contributed by atoms with van der Waals surface area (Å²) in [7, 11) is 1.54. The molecular formula is C41H37ClN8O4. The molecule has 4 heterocycles. The average molecular weight is 741 g/mol. The van der Waals surface area contributed by atoms with Crippen LogP contribution in [0.25, 0.3) is 33.7 Å². The lowest BCUT2D eigenvalue weighted by Crippen LogP contribution is -2.45. The minimum Gasteiger partial charge on any atom is -0.496 e. The lowest BCUT2D eigenvalue weighted by atomic mass is 9.96. The maximum atomic E-state index is 13.4. The number of methoxy groups -OCH3 is 1. The van der Waals surface area contributed by atoms with Gasteiger partial charge in [0.1, 0.15) is 29.0 Å². The van der Waals surface area contributed by atoms with E-state index in [0.29, 0.717) is 88.7 Å². The van der Waals surface area contributed by atoms with Crippen LogP contribution in [0.15, 0.2) is 70.9 Å². The number of aromatic nitrogens is 2. The van der Waals surface area contributed by atoms with Gasteiger partial charge >= 0.3 is 0 Å². The van der Waals surface area contributed by atoms with Gasteiger partial charge in [0.2, 0.25) is 5.89 Å². The lowest BCUT2D eigenvalue weighted by Gasteiger charge is -2.38. The Balaban J connectivity index is 1.07. The highest BCUT2D eigenvalue weighted by Crippen LogP contribution is 2.39. The predicted octanol–water partition coefficient (Wildman–Crippen LogP) is 6.55. The maximum Gasteiger partial charge on any atom is 0.274 e. The molecule has 13 heteroatoms. The SMILES string of the molecule is COc1cc(C(=O)Nc2cccc(-c3cccc(-c4nc5cc(CN6CC(CC#N)C6)cc(C#N)c5o4)c3C)c2Cl)ncc1CNC[C@H]1CCC(=C=O)N1. The molecule has 1 atom stereocenters. The second-order valence-corrected chi connectivity index (χ2v) is 14.0. The standard InChI is InChI=1S/C41H37ClN8O4/c1-24-31(5-3-6-32(24)41-49-35-14-26(13-27(16-44)39(35)54-41)22-50-20-25(21-50)11-12-43)33-7-4-8-34(38(33)42)48-40(52)36-15-37(53-2)28(18-46-36)17-45-19-29-9-10-30(23-51)47-29/h3-8,13-15,18,25,29,45,47H,9-11,17,19-22H2,1-2H3,(H,48,52)/t29-/m1/s1. The molecule has 0 bridgehead atoms. The van der Waals surface area contributed by atoms with Crippen LogP contribution in [0.4, 0.5) is 5.69 Å². The summed E-state index contributed by atoms with van der Waals surface area (Å²) in [6, 6.07) is 21.2. The number of likely N-dealkylation sites (tertiary alicyclic amines) is 1. The fraction of sp³-hybridized carbons (Fsp3) is 0.293. The van der Waals surface area contributed by atoms with Gasteiger partial charge in [0.05, 0.1) is 35.1 Å². The van der Waals surface area contributed by atoms with Crippen molar-refractivity contribution in [1.29, 1.82) is 10.5 Å². The number of nitrogens with one attached hydrogen (secondary N) is 3. The number of carbonyl (C=O) groups is 1. The first-order valence-corrected chi connectivity index (χ1v) is 18.0. The Hall–Kier alpha value is -6.01. The minimum absolute atomic E-state index is 0.150. The van der Waals surface area contributed by atoms with E-state index in [0.717, 1.165) is 47.3 Å². The molecule has 3 N–H and O–H groups in total. The first-order valence-electron chi connectivity index (χ1n) is 17.7. The number of oxazole rings is 1. The predicted molar refractivity (Wildman–Crippen MR) is 204 cm³/mol. The van der Waals surface area contributed by atoms with Gasteiger partial charge in [0.25, 0.3) is 5.91 Å². The van der Waals surface area contributed by atoms with Crippen molar-refractivity contribution in [3.63, 3.8) is 0 Å². The van der Waals surface area contributed by atoms with Gasteiger partial charge in [-0.15, -0.1) is 0 Å². The first kappa shape index (κ1) is 36.4. The van der Waals surface area contributed by atoms with E-state index < -0.39 is 5.91 Å². The number of fused-ring (bicyclic) bond motifs is 1. The molecule has 272 valence electrons. The third-order valence-electron chi connectivity index (χ3n) is 9.94. The Morgan fingerprint density at radius 3 is 2.69 bits per heavy atom. The molecule has 54 heavy (non-hydrogen) atoms. The number of nitrogens with zero attached hydrogens (tertiary/aromatic N) is 5. The number of ether oxygens (including phenoxy) is 1. The highest BCUT2D eigenvalue weighted by Gasteiger charge is 2.27. The molecule has 12 nitrogen and oxygen atoms in total. The zero-order chi connectivity index (χ0) is 37.8. The molecule has 2 saturated heterocycles. The summed E-state index contributed by atoms with van der Waals surface area (Å²) in [5.74, 6) is 2.77. The second kappa shape index (κ2) is 15.9. The van der Waals surface area contributed by atoms with E-state index >= 15 is 0 Å². The number of carbonyl (C=O) groups excluding carboxylic acids is 2. The summed E-state index contributed by atoms with van der Waals surface area (Å²) >= 11 is 6.97. The molecule has 3 aromatic carbocycles. The van der Waals surface area contributed by atoms with E-state index in [1.165, 1.54) is 0 Å². The quantitative estimate of drug-likeness (QED) is 0.119. The lowest BCUT2D eigenvalue weighted by molar-refractivity contribution is 0.0955. The number of anilines is 1. The Bertz CT molecular complexity index is 2380. The van der Waals surface area contributed by atoms with Crippen molar-refractivity contribution in [3.8, 4) is 40.5 Å². The van der Waals surface area contributed by atoms with Crippen molar-refractivity contribution in [2.75, 3.05) is 32.1 Å². The van der Waals surface area contributed by atoms with E-state index in [2.05, 4.69) is 38.0 Å². The molecule has 0 spiro atoms. The van der Waals surface area contributed by atoms with Crippen molar-refractivity contribution >= 4 is 40.2 Å². The summed E-state index contributed by atoms with van der Waals surface area (Å²) in [5, 5.41) is 28.7. The van der Waals surface area contributed by atoms with Gasteiger partial charge in [0.15, 0.2) is 5.58 Å². The largest absolute Gasteiger partial charge is 0.496 e. The monoisotopic (exact) mass is 740 g/mol. The van der Waals surface area contributed by atoms with Crippen LogP contribution in [-0.4, -0.2) is 59.5 Å². The Labute approximate surface area is 317 Å². The van der Waals surface area contributed by atoms with Crippen molar-refractivity contribution in [1.82, 2.24) is 25.5 Å². The summed E-state index contributed by atoms with van der Waals surface area (Å²) in [6.45, 7) is 5.46. The topological polar surface area (TPSA) is 169 Å². The van der Waals surface area contributed by atoms with Crippen LogP contribution >= 0.6 is 11.6 Å². The maximum absolute atomic E-state index is 13.4. The van der Waals surface area contributed by atoms with Crippen LogP contribution in [-0.2, 0) is 17.9 Å².